The monoisotopic (exact) mass is 462 g/mol. The van der Waals surface area contributed by atoms with Crippen LogP contribution < -0.4 is 4.74 Å². The molecule has 1 amide bonds. The fourth-order valence-corrected chi connectivity index (χ4v) is 4.94. The van der Waals surface area contributed by atoms with Crippen LogP contribution in [-0.4, -0.2) is 41.4 Å². The molecule has 0 aliphatic carbocycles. The zero-order chi connectivity index (χ0) is 21.8. The third-order valence-electron chi connectivity index (χ3n) is 6.71. The molecule has 0 unspecified atom stereocenters. The number of carbonyl (C=O) groups is 1. The van der Waals surface area contributed by atoms with Crippen molar-refractivity contribution in [3.63, 3.8) is 0 Å². The van der Waals surface area contributed by atoms with Gasteiger partial charge in [-0.05, 0) is 67.6 Å². The molecule has 33 heavy (non-hydrogen) atoms. The summed E-state index contributed by atoms with van der Waals surface area (Å²) < 4.78 is 6.11. The van der Waals surface area contributed by atoms with Gasteiger partial charge in [-0.3, -0.25) is 4.79 Å². The lowest BCUT2D eigenvalue weighted by Crippen LogP contribution is -2.45. The van der Waals surface area contributed by atoms with Gasteiger partial charge in [-0.25, -0.2) is 0 Å². The minimum Gasteiger partial charge on any atom is -0.457 e. The third kappa shape index (κ3) is 5.40. The van der Waals surface area contributed by atoms with Gasteiger partial charge in [-0.2, -0.15) is 0 Å². The highest BCUT2D eigenvalue weighted by Gasteiger charge is 2.33. The Morgan fingerprint density at radius 2 is 1.55 bits per heavy atom. The third-order valence-corrected chi connectivity index (χ3v) is 6.71. The average Bonchev–Trinajstić information content (AvgIpc) is 3.18. The number of carbonyl (C=O) groups excluding carboxylic acids is 1. The molecule has 5 rings (SSSR count). The highest BCUT2D eigenvalue weighted by atomic mass is 35.5. The summed E-state index contributed by atoms with van der Waals surface area (Å²) in [6.45, 7) is 3.98. The van der Waals surface area contributed by atoms with Crippen LogP contribution in [0.2, 0.25) is 0 Å². The number of hydrogen-bond acceptors (Lipinski definition) is 3. The summed E-state index contributed by atoms with van der Waals surface area (Å²) in [6, 6.07) is 26.7. The number of rotatable bonds is 7. The Balaban J connectivity index is 0.00000259. The molecule has 0 atom stereocenters. The lowest BCUT2D eigenvalue weighted by molar-refractivity contribution is 0.0596. The van der Waals surface area contributed by atoms with Crippen LogP contribution in [0.1, 0.15) is 40.7 Å². The first-order valence-electron chi connectivity index (χ1n) is 11.7. The van der Waals surface area contributed by atoms with Crippen LogP contribution in [0.3, 0.4) is 0 Å². The smallest absolute Gasteiger partial charge is 0.254 e. The van der Waals surface area contributed by atoms with Gasteiger partial charge in [0.2, 0.25) is 0 Å². The molecule has 1 saturated heterocycles. The number of fused-ring (bicyclic) bond motifs is 1. The van der Waals surface area contributed by atoms with E-state index in [0.717, 1.165) is 68.9 Å². The van der Waals surface area contributed by atoms with E-state index in [1.54, 1.807) is 0 Å². The molecular formula is C28H31ClN2O2. The number of amides is 1. The quantitative estimate of drug-likeness (QED) is 0.434. The first-order chi connectivity index (χ1) is 15.8. The molecule has 3 aromatic carbocycles. The highest BCUT2D eigenvalue weighted by molar-refractivity contribution is 5.98. The van der Waals surface area contributed by atoms with Crippen molar-refractivity contribution < 1.29 is 9.53 Å². The minimum absolute atomic E-state index is 0. The summed E-state index contributed by atoms with van der Waals surface area (Å²) >= 11 is 0. The Morgan fingerprint density at radius 1 is 0.848 bits per heavy atom. The topological polar surface area (TPSA) is 32.8 Å². The van der Waals surface area contributed by atoms with Gasteiger partial charge in [-0.15, -0.1) is 12.4 Å². The van der Waals surface area contributed by atoms with Crippen molar-refractivity contribution in [1.29, 1.82) is 0 Å². The maximum absolute atomic E-state index is 12.8. The van der Waals surface area contributed by atoms with Crippen LogP contribution in [0.25, 0.3) is 0 Å². The van der Waals surface area contributed by atoms with Crippen LogP contribution in [0, 0.1) is 0 Å². The molecular weight excluding hydrogens is 432 g/mol. The van der Waals surface area contributed by atoms with Crippen molar-refractivity contribution in [2.24, 2.45) is 0 Å². The van der Waals surface area contributed by atoms with Gasteiger partial charge in [0.15, 0.2) is 0 Å². The molecule has 3 aromatic rings. The number of aryl methyl sites for hydroxylation is 1. The van der Waals surface area contributed by atoms with Crippen LogP contribution >= 0.6 is 12.4 Å². The normalized spacial score (nSPS) is 16.4. The summed E-state index contributed by atoms with van der Waals surface area (Å²) in [5, 5.41) is 0. The first-order valence-corrected chi connectivity index (χ1v) is 11.7. The van der Waals surface area contributed by atoms with Crippen LogP contribution in [0.5, 0.6) is 11.5 Å². The number of nitrogens with zero attached hydrogens (tertiary/aromatic N) is 2. The Labute approximate surface area is 202 Å². The van der Waals surface area contributed by atoms with Crippen molar-refractivity contribution in [2.75, 3.05) is 19.6 Å². The Hall–Kier alpha value is -2.82. The molecule has 0 aromatic heterocycles. The number of piperidine rings is 1. The molecule has 2 aliphatic rings. The first kappa shape index (κ1) is 23.3. The number of benzene rings is 3. The maximum atomic E-state index is 12.8. The van der Waals surface area contributed by atoms with Gasteiger partial charge in [0.25, 0.3) is 5.91 Å². The summed E-state index contributed by atoms with van der Waals surface area (Å²) in [5.74, 6) is 2.04. The van der Waals surface area contributed by atoms with E-state index in [1.165, 1.54) is 11.1 Å². The number of ether oxygens (including phenoxy) is 1. The van der Waals surface area contributed by atoms with Gasteiger partial charge in [0.1, 0.15) is 11.5 Å². The van der Waals surface area contributed by atoms with E-state index in [2.05, 4.69) is 34.1 Å². The van der Waals surface area contributed by atoms with Crippen molar-refractivity contribution >= 4 is 18.3 Å². The predicted molar refractivity (Wildman–Crippen MR) is 134 cm³/mol. The van der Waals surface area contributed by atoms with Crippen LogP contribution in [0.4, 0.5) is 0 Å². The molecule has 4 nitrogen and oxygen atoms in total. The van der Waals surface area contributed by atoms with E-state index in [-0.39, 0.29) is 18.3 Å². The molecule has 2 aliphatic heterocycles. The van der Waals surface area contributed by atoms with E-state index in [1.807, 2.05) is 54.6 Å². The zero-order valence-electron chi connectivity index (χ0n) is 18.9. The zero-order valence-corrected chi connectivity index (χ0v) is 19.7. The Kier molecular flexibility index (Phi) is 7.69. The molecule has 172 valence electrons. The molecule has 0 saturated carbocycles. The average molecular weight is 463 g/mol. The summed E-state index contributed by atoms with van der Waals surface area (Å²) in [6.07, 6.45) is 4.23. The second kappa shape index (κ2) is 10.9. The fraction of sp³-hybridized carbons (Fsp3) is 0.321. The van der Waals surface area contributed by atoms with Crippen molar-refractivity contribution in [3.8, 4) is 11.5 Å². The van der Waals surface area contributed by atoms with Crippen molar-refractivity contribution in [3.05, 3.63) is 95.6 Å². The number of likely N-dealkylation sites (tertiary alicyclic amines) is 1. The second-order valence-corrected chi connectivity index (χ2v) is 8.79. The predicted octanol–water partition coefficient (Wildman–Crippen LogP) is 5.95. The Bertz CT molecular complexity index is 1060. The van der Waals surface area contributed by atoms with Gasteiger partial charge in [0.05, 0.1) is 0 Å². The second-order valence-electron chi connectivity index (χ2n) is 8.79. The van der Waals surface area contributed by atoms with Gasteiger partial charge in [-0.1, -0.05) is 54.6 Å². The molecule has 0 radical (unpaired) electrons. The van der Waals surface area contributed by atoms with E-state index >= 15 is 0 Å². The fourth-order valence-electron chi connectivity index (χ4n) is 4.94. The SMILES string of the molecule is Cl.O=C1c2ccccc2CN1C1CCN(CCCc2ccccc2Oc2ccccc2)CC1. The molecule has 0 bridgehead atoms. The van der Waals surface area contributed by atoms with Crippen LogP contribution in [0.15, 0.2) is 78.9 Å². The minimum atomic E-state index is 0. The Morgan fingerprint density at radius 3 is 2.33 bits per heavy atom. The maximum Gasteiger partial charge on any atom is 0.254 e. The largest absolute Gasteiger partial charge is 0.457 e. The number of hydrogen-bond donors (Lipinski definition) is 0. The van der Waals surface area contributed by atoms with Gasteiger partial charge >= 0.3 is 0 Å². The molecule has 0 N–H and O–H groups in total. The van der Waals surface area contributed by atoms with E-state index in [0.29, 0.717) is 6.04 Å². The lowest BCUT2D eigenvalue weighted by Gasteiger charge is -2.36. The number of halogens is 1. The lowest BCUT2D eigenvalue weighted by atomic mass is 10.0. The van der Waals surface area contributed by atoms with Gasteiger partial charge < -0.3 is 14.5 Å². The summed E-state index contributed by atoms with van der Waals surface area (Å²) in [5.41, 5.74) is 3.33. The van der Waals surface area contributed by atoms with Crippen LogP contribution in [-0.2, 0) is 13.0 Å². The molecule has 2 heterocycles. The van der Waals surface area contributed by atoms with E-state index in [9.17, 15) is 4.79 Å². The molecule has 5 heteroatoms. The van der Waals surface area contributed by atoms with Gasteiger partial charge in [0, 0.05) is 31.2 Å². The molecule has 1 fully saturated rings. The molecule has 0 spiro atoms. The summed E-state index contributed by atoms with van der Waals surface area (Å²) in [7, 11) is 0. The van der Waals surface area contributed by atoms with Crippen molar-refractivity contribution in [1.82, 2.24) is 9.80 Å². The standard InChI is InChI=1S/C28H30N2O2.ClH/c31-28-26-14-6-4-10-23(26)21-30(28)24-16-19-29(20-17-24)18-8-11-22-9-5-7-15-27(22)32-25-12-2-1-3-13-25;/h1-7,9-10,12-15,24H,8,11,16-21H2;1H. The number of para-hydroxylation sites is 2. The van der Waals surface area contributed by atoms with E-state index < -0.39 is 0 Å². The summed E-state index contributed by atoms with van der Waals surface area (Å²) in [4.78, 5) is 17.4. The van der Waals surface area contributed by atoms with Crippen molar-refractivity contribution in [2.45, 2.75) is 38.3 Å². The van der Waals surface area contributed by atoms with E-state index in [4.69, 9.17) is 4.74 Å². The highest BCUT2D eigenvalue weighted by Crippen LogP contribution is 2.29.